The van der Waals surface area contributed by atoms with Crippen molar-refractivity contribution < 1.29 is 9.66 Å². The molecular weight excluding hydrogens is 324 g/mol. The molecule has 0 spiro atoms. The van der Waals surface area contributed by atoms with E-state index in [9.17, 15) is 10.1 Å². The van der Waals surface area contributed by atoms with Crippen LogP contribution in [0.25, 0.3) is 22.4 Å². The van der Waals surface area contributed by atoms with Crippen molar-refractivity contribution in [2.75, 3.05) is 6.61 Å². The average molecular weight is 340 g/mol. The Hall–Kier alpha value is -2.73. The van der Waals surface area contributed by atoms with Gasteiger partial charge in [0.2, 0.25) is 0 Å². The van der Waals surface area contributed by atoms with Gasteiger partial charge in [0.15, 0.2) is 0 Å². The van der Waals surface area contributed by atoms with Crippen LogP contribution in [0.1, 0.15) is 23.9 Å². The zero-order valence-corrected chi connectivity index (χ0v) is 14.0. The monoisotopic (exact) mass is 340 g/mol. The van der Waals surface area contributed by atoms with Crippen molar-refractivity contribution in [3.05, 3.63) is 63.1 Å². The zero-order chi connectivity index (χ0) is 16.9. The van der Waals surface area contributed by atoms with Crippen molar-refractivity contribution in [2.24, 2.45) is 0 Å². The number of nitro groups is 1. The van der Waals surface area contributed by atoms with Crippen LogP contribution in [0.15, 0.2) is 42.5 Å². The van der Waals surface area contributed by atoms with Gasteiger partial charge in [-0.2, -0.15) is 0 Å². The molecule has 0 fully saturated rings. The summed E-state index contributed by atoms with van der Waals surface area (Å²) in [6.45, 7) is 2.79. The largest absolute Gasteiger partial charge is 0.494 e. The van der Waals surface area contributed by atoms with Gasteiger partial charge in [0.25, 0.3) is 5.69 Å². The highest BCUT2D eigenvalue weighted by atomic mass is 32.1. The molecule has 0 atom stereocenters. The van der Waals surface area contributed by atoms with E-state index in [1.54, 1.807) is 6.07 Å². The number of nitrogens with zero attached hydrogens (tertiary/aromatic N) is 2. The van der Waals surface area contributed by atoms with Crippen molar-refractivity contribution in [3.8, 4) is 5.75 Å². The molecule has 5 nitrogen and oxygen atoms in total. The predicted molar refractivity (Wildman–Crippen MR) is 97.4 cm³/mol. The van der Waals surface area contributed by atoms with E-state index in [4.69, 9.17) is 4.74 Å². The van der Waals surface area contributed by atoms with Crippen molar-refractivity contribution in [2.45, 2.75) is 13.3 Å². The molecule has 2 aromatic carbocycles. The van der Waals surface area contributed by atoms with E-state index >= 15 is 0 Å². The lowest BCUT2D eigenvalue weighted by molar-refractivity contribution is -0.384. The fourth-order valence-corrected chi connectivity index (χ4v) is 3.03. The number of rotatable bonds is 6. The second kappa shape index (κ2) is 7.23. The smallest absolute Gasteiger partial charge is 0.271 e. The first-order chi connectivity index (χ1) is 11.7. The standard InChI is InChI=1S/C18H16N2O3S/c1-2-11-23-15-7-3-13(4-8-15)5-10-18-19-16-12-14(20(21)22)6-9-17(16)24-18/h3-10,12H,2,11H2,1H3/b10-5+. The summed E-state index contributed by atoms with van der Waals surface area (Å²) in [4.78, 5) is 14.8. The minimum absolute atomic E-state index is 0.0611. The molecule has 1 heterocycles. The Labute approximate surface area is 143 Å². The van der Waals surface area contributed by atoms with Gasteiger partial charge in [0, 0.05) is 12.1 Å². The Morgan fingerprint density at radius 1 is 1.21 bits per heavy atom. The lowest BCUT2D eigenvalue weighted by Crippen LogP contribution is -1.94. The molecule has 0 aliphatic heterocycles. The molecule has 0 saturated carbocycles. The van der Waals surface area contributed by atoms with E-state index in [1.807, 2.05) is 36.4 Å². The molecule has 6 heteroatoms. The quantitative estimate of drug-likeness (QED) is 0.459. The van der Waals surface area contributed by atoms with Gasteiger partial charge in [-0.3, -0.25) is 10.1 Å². The minimum Gasteiger partial charge on any atom is -0.494 e. The fourth-order valence-electron chi connectivity index (χ4n) is 2.18. The number of hydrogen-bond acceptors (Lipinski definition) is 5. The van der Waals surface area contributed by atoms with Gasteiger partial charge in [0.05, 0.1) is 21.7 Å². The first-order valence-electron chi connectivity index (χ1n) is 7.61. The van der Waals surface area contributed by atoms with Crippen molar-refractivity contribution in [3.63, 3.8) is 0 Å². The molecule has 0 aliphatic carbocycles. The SMILES string of the molecule is CCCOc1ccc(/C=C/c2nc3cc([N+](=O)[O-])ccc3s2)cc1. The summed E-state index contributed by atoms with van der Waals surface area (Å²) in [5.41, 5.74) is 1.76. The van der Waals surface area contributed by atoms with Crippen LogP contribution in [0.3, 0.4) is 0 Å². The topological polar surface area (TPSA) is 65.3 Å². The molecule has 0 radical (unpaired) electrons. The number of thiazole rings is 1. The van der Waals surface area contributed by atoms with E-state index in [2.05, 4.69) is 11.9 Å². The lowest BCUT2D eigenvalue weighted by Gasteiger charge is -2.03. The van der Waals surface area contributed by atoms with Crippen LogP contribution in [0, 0.1) is 10.1 Å². The first-order valence-corrected chi connectivity index (χ1v) is 8.43. The first kappa shape index (κ1) is 16.1. The third-order valence-electron chi connectivity index (χ3n) is 3.37. The highest BCUT2D eigenvalue weighted by Crippen LogP contribution is 2.27. The van der Waals surface area contributed by atoms with E-state index < -0.39 is 4.92 Å². The Bertz CT molecular complexity index is 885. The van der Waals surface area contributed by atoms with Gasteiger partial charge in [-0.25, -0.2) is 4.98 Å². The van der Waals surface area contributed by atoms with Gasteiger partial charge in [-0.15, -0.1) is 11.3 Å². The molecule has 0 N–H and O–H groups in total. The molecule has 0 aliphatic rings. The van der Waals surface area contributed by atoms with E-state index in [0.717, 1.165) is 27.4 Å². The Kier molecular flexibility index (Phi) is 4.86. The molecule has 24 heavy (non-hydrogen) atoms. The number of ether oxygens (including phenoxy) is 1. The highest BCUT2D eigenvalue weighted by Gasteiger charge is 2.09. The van der Waals surface area contributed by atoms with Gasteiger partial charge >= 0.3 is 0 Å². The molecule has 1 aromatic heterocycles. The summed E-state index contributed by atoms with van der Waals surface area (Å²) in [7, 11) is 0. The molecular formula is C18H16N2O3S. The number of aromatic nitrogens is 1. The molecule has 0 amide bonds. The molecule has 122 valence electrons. The maximum atomic E-state index is 10.8. The van der Waals surface area contributed by atoms with Crippen LogP contribution in [0.2, 0.25) is 0 Å². The molecule has 3 rings (SSSR count). The average Bonchev–Trinajstić information content (AvgIpc) is 3.01. The van der Waals surface area contributed by atoms with Gasteiger partial charge in [-0.05, 0) is 36.3 Å². The van der Waals surface area contributed by atoms with Crippen LogP contribution in [-0.2, 0) is 0 Å². The Morgan fingerprint density at radius 3 is 2.71 bits per heavy atom. The second-order valence-electron chi connectivity index (χ2n) is 5.21. The third-order valence-corrected chi connectivity index (χ3v) is 4.37. The Morgan fingerprint density at radius 2 is 2.00 bits per heavy atom. The summed E-state index contributed by atoms with van der Waals surface area (Å²) in [6, 6.07) is 12.6. The van der Waals surface area contributed by atoms with Gasteiger partial charge in [-0.1, -0.05) is 25.1 Å². The van der Waals surface area contributed by atoms with Crippen LogP contribution in [-0.4, -0.2) is 16.5 Å². The predicted octanol–water partition coefficient (Wildman–Crippen LogP) is 5.16. The van der Waals surface area contributed by atoms with Crippen molar-refractivity contribution in [1.29, 1.82) is 0 Å². The van der Waals surface area contributed by atoms with Crippen molar-refractivity contribution >= 4 is 39.4 Å². The summed E-state index contributed by atoms with van der Waals surface area (Å²) in [5, 5.41) is 11.6. The van der Waals surface area contributed by atoms with Gasteiger partial charge < -0.3 is 4.74 Å². The van der Waals surface area contributed by atoms with E-state index in [1.165, 1.54) is 23.5 Å². The van der Waals surface area contributed by atoms with Crippen LogP contribution < -0.4 is 4.74 Å². The zero-order valence-electron chi connectivity index (χ0n) is 13.1. The normalized spacial score (nSPS) is 11.2. The molecule has 0 saturated heterocycles. The van der Waals surface area contributed by atoms with Crippen LogP contribution in [0.5, 0.6) is 5.75 Å². The number of hydrogen-bond donors (Lipinski definition) is 0. The summed E-state index contributed by atoms with van der Waals surface area (Å²) in [6.07, 6.45) is 4.87. The number of fused-ring (bicyclic) bond motifs is 1. The fraction of sp³-hybridized carbons (Fsp3) is 0.167. The second-order valence-corrected chi connectivity index (χ2v) is 6.27. The summed E-state index contributed by atoms with van der Waals surface area (Å²) in [5.74, 6) is 0.862. The van der Waals surface area contributed by atoms with E-state index in [0.29, 0.717) is 12.1 Å². The highest BCUT2D eigenvalue weighted by molar-refractivity contribution is 7.19. The minimum atomic E-state index is -0.406. The number of non-ortho nitro benzene ring substituents is 1. The van der Waals surface area contributed by atoms with Crippen LogP contribution >= 0.6 is 11.3 Å². The summed E-state index contributed by atoms with van der Waals surface area (Å²) >= 11 is 1.51. The van der Waals surface area contributed by atoms with Gasteiger partial charge in [0.1, 0.15) is 10.8 Å². The molecule has 0 bridgehead atoms. The van der Waals surface area contributed by atoms with Crippen LogP contribution in [0.4, 0.5) is 5.69 Å². The maximum absolute atomic E-state index is 10.8. The van der Waals surface area contributed by atoms with Crippen molar-refractivity contribution in [1.82, 2.24) is 4.98 Å². The maximum Gasteiger partial charge on any atom is 0.271 e. The Balaban J connectivity index is 1.76. The van der Waals surface area contributed by atoms with E-state index in [-0.39, 0.29) is 5.69 Å². The third kappa shape index (κ3) is 3.78. The number of benzene rings is 2. The lowest BCUT2D eigenvalue weighted by atomic mass is 10.2. The molecule has 3 aromatic rings. The molecule has 0 unspecified atom stereocenters. The number of nitro benzene ring substituents is 1. The summed E-state index contributed by atoms with van der Waals surface area (Å²) < 4.78 is 6.49.